The summed E-state index contributed by atoms with van der Waals surface area (Å²) in [6.07, 6.45) is 0. The number of nitrogens with one attached hydrogen (secondary N) is 1. The highest BCUT2D eigenvalue weighted by Crippen LogP contribution is 2.27. The molecule has 3 aromatic rings. The molecule has 0 aromatic heterocycles. The van der Waals surface area contributed by atoms with E-state index in [9.17, 15) is 19.7 Å². The molecule has 0 saturated heterocycles. The summed E-state index contributed by atoms with van der Waals surface area (Å²) in [6, 6.07) is 9.41. The van der Waals surface area contributed by atoms with Gasteiger partial charge in [0.05, 0.1) is 4.92 Å². The van der Waals surface area contributed by atoms with E-state index < -0.39 is 15.8 Å². The zero-order valence-corrected chi connectivity index (χ0v) is 13.0. The summed E-state index contributed by atoms with van der Waals surface area (Å²) in [5.41, 5.74) is 3.08. The van der Waals surface area contributed by atoms with E-state index in [4.69, 9.17) is 0 Å². The monoisotopic (exact) mass is 323 g/mol. The fraction of sp³-hybridized carbons (Fsp3) is 0.118. The van der Waals surface area contributed by atoms with Crippen LogP contribution >= 0.6 is 0 Å². The maximum atomic E-state index is 12.2. The van der Waals surface area contributed by atoms with Crippen LogP contribution in [0.3, 0.4) is 0 Å². The van der Waals surface area contributed by atoms with Crippen LogP contribution < -0.4 is 21.6 Å². The summed E-state index contributed by atoms with van der Waals surface area (Å²) in [5.74, 6) is 0. The number of nitro groups is 1. The number of fused-ring (bicyclic) bond motifs is 1. The molecule has 1 N–H and O–H groups in total. The largest absolute Gasteiger partial charge is 0.294 e. The second kappa shape index (κ2) is 5.69. The van der Waals surface area contributed by atoms with Gasteiger partial charge in [-0.1, -0.05) is 24.3 Å². The molecule has 0 saturated carbocycles. The van der Waals surface area contributed by atoms with Crippen molar-refractivity contribution in [3.63, 3.8) is 0 Å². The fourth-order valence-electron chi connectivity index (χ4n) is 2.50. The van der Waals surface area contributed by atoms with Crippen LogP contribution in [0.2, 0.25) is 0 Å². The zero-order chi connectivity index (χ0) is 17.4. The van der Waals surface area contributed by atoms with Gasteiger partial charge in [0.2, 0.25) is 10.9 Å². The van der Waals surface area contributed by atoms with Gasteiger partial charge in [-0.3, -0.25) is 25.1 Å². The molecule has 24 heavy (non-hydrogen) atoms. The van der Waals surface area contributed by atoms with Crippen LogP contribution in [0.25, 0.3) is 10.8 Å². The minimum Gasteiger partial charge on any atom is -0.287 e. The Morgan fingerprint density at radius 3 is 2.08 bits per heavy atom. The average Bonchev–Trinajstić information content (AvgIpc) is 2.80. The van der Waals surface area contributed by atoms with Gasteiger partial charge in [-0.05, 0) is 31.0 Å². The summed E-state index contributed by atoms with van der Waals surface area (Å²) in [6.45, 7) is 3.57. The van der Waals surface area contributed by atoms with Crippen LogP contribution in [0, 0.1) is 24.0 Å². The van der Waals surface area contributed by atoms with Gasteiger partial charge in [0, 0.05) is 16.8 Å². The lowest BCUT2D eigenvalue weighted by Gasteiger charge is -2.05. The number of hydrogen-bond donors (Lipinski definition) is 1. The molecule has 0 fully saturated rings. The number of rotatable bonds is 3. The summed E-state index contributed by atoms with van der Waals surface area (Å²) in [4.78, 5) is 35.1. The van der Waals surface area contributed by atoms with Crippen LogP contribution in [0.15, 0.2) is 51.1 Å². The number of hydrogen-bond acceptors (Lipinski definition) is 6. The molecule has 3 rings (SSSR count). The van der Waals surface area contributed by atoms with Crippen molar-refractivity contribution < 1.29 is 4.92 Å². The number of nitro benzene ring substituents is 1. The van der Waals surface area contributed by atoms with Gasteiger partial charge in [-0.15, -0.1) is 0 Å². The lowest BCUT2D eigenvalue weighted by molar-refractivity contribution is -0.384. The van der Waals surface area contributed by atoms with E-state index in [1.165, 1.54) is 6.07 Å². The Bertz CT molecular complexity index is 1080. The number of aryl methyl sites for hydroxylation is 2. The van der Waals surface area contributed by atoms with Gasteiger partial charge in [-0.25, -0.2) is 0 Å². The molecule has 7 heteroatoms. The van der Waals surface area contributed by atoms with E-state index in [2.05, 4.69) is 10.5 Å². The first kappa shape index (κ1) is 15.5. The van der Waals surface area contributed by atoms with Crippen LogP contribution in [0.4, 0.5) is 11.4 Å². The quantitative estimate of drug-likeness (QED) is 0.586. The smallest absolute Gasteiger partial charge is 0.287 e. The van der Waals surface area contributed by atoms with E-state index in [0.29, 0.717) is 0 Å². The van der Waals surface area contributed by atoms with Crippen molar-refractivity contribution in [2.45, 2.75) is 13.8 Å². The molecule has 120 valence electrons. The van der Waals surface area contributed by atoms with Crippen molar-refractivity contribution in [1.29, 1.82) is 0 Å². The zero-order valence-electron chi connectivity index (χ0n) is 13.0. The Balaban J connectivity index is 2.16. The first-order chi connectivity index (χ1) is 11.4. The average molecular weight is 323 g/mol. The first-order valence-corrected chi connectivity index (χ1v) is 7.18. The maximum absolute atomic E-state index is 12.2. The second-order valence-electron chi connectivity index (χ2n) is 5.49. The summed E-state index contributed by atoms with van der Waals surface area (Å²) in [7, 11) is 0. The van der Waals surface area contributed by atoms with Crippen LogP contribution in [0.1, 0.15) is 11.1 Å². The van der Waals surface area contributed by atoms with Gasteiger partial charge >= 0.3 is 0 Å². The van der Waals surface area contributed by atoms with Crippen molar-refractivity contribution in [2.75, 3.05) is 5.43 Å². The molecule has 0 spiro atoms. The highest BCUT2D eigenvalue weighted by atomic mass is 16.6. The molecule has 0 aliphatic carbocycles. The van der Waals surface area contributed by atoms with Crippen molar-refractivity contribution >= 4 is 22.1 Å². The maximum Gasteiger partial charge on any atom is 0.294 e. The van der Waals surface area contributed by atoms with Gasteiger partial charge < -0.3 is 0 Å². The first-order valence-electron chi connectivity index (χ1n) is 7.18. The SMILES string of the molecule is Cc1cc(NN=c2c(=O)c3ccccc3c2=O)c([N+](=O)[O-])cc1C. The Kier molecular flexibility index (Phi) is 3.69. The van der Waals surface area contributed by atoms with Crippen molar-refractivity contribution in [3.05, 3.63) is 83.4 Å². The highest BCUT2D eigenvalue weighted by molar-refractivity contribution is 5.83. The number of nitrogens with zero attached hydrogens (tertiary/aromatic N) is 2. The number of anilines is 1. The second-order valence-corrected chi connectivity index (χ2v) is 5.49. The standard InChI is InChI=1S/C17H13N3O4/c1-9-7-13(14(20(23)24)8-10(9)2)18-19-15-16(21)11-5-3-4-6-12(11)17(15)22/h3-8,18H,1-2H3. The highest BCUT2D eigenvalue weighted by Gasteiger charge is 2.16. The normalized spacial score (nSPS) is 10.8. The van der Waals surface area contributed by atoms with E-state index in [0.717, 1.165) is 11.1 Å². The third-order valence-corrected chi connectivity index (χ3v) is 3.94. The molecule has 3 aromatic carbocycles. The third-order valence-electron chi connectivity index (χ3n) is 3.94. The lowest BCUT2D eigenvalue weighted by atomic mass is 10.1. The van der Waals surface area contributed by atoms with Gasteiger partial charge in [0.1, 0.15) is 5.69 Å². The summed E-state index contributed by atoms with van der Waals surface area (Å²) in [5, 5.41) is 15.3. The Labute approximate surface area is 135 Å². The van der Waals surface area contributed by atoms with Crippen molar-refractivity contribution in [3.8, 4) is 0 Å². The minimum absolute atomic E-state index is 0.132. The Morgan fingerprint density at radius 1 is 1.00 bits per heavy atom. The van der Waals surface area contributed by atoms with Crippen LogP contribution in [0.5, 0.6) is 0 Å². The Morgan fingerprint density at radius 2 is 1.54 bits per heavy atom. The third kappa shape index (κ3) is 2.45. The molecule has 0 unspecified atom stereocenters. The Hall–Kier alpha value is -3.35. The fourth-order valence-corrected chi connectivity index (χ4v) is 2.50. The molecule has 0 aliphatic heterocycles. The molecule has 0 radical (unpaired) electrons. The van der Waals surface area contributed by atoms with Crippen LogP contribution in [-0.4, -0.2) is 4.92 Å². The molecule has 7 nitrogen and oxygen atoms in total. The molecular weight excluding hydrogens is 310 g/mol. The van der Waals surface area contributed by atoms with E-state index in [1.807, 2.05) is 0 Å². The molecule has 0 aliphatic rings. The molecule has 0 amide bonds. The lowest BCUT2D eigenvalue weighted by Crippen LogP contribution is -2.32. The van der Waals surface area contributed by atoms with Crippen molar-refractivity contribution in [2.24, 2.45) is 5.10 Å². The summed E-state index contributed by atoms with van der Waals surface area (Å²) >= 11 is 0. The van der Waals surface area contributed by atoms with E-state index in [-0.39, 0.29) is 27.5 Å². The molecular formula is C17H13N3O4. The topological polar surface area (TPSA) is 102 Å². The van der Waals surface area contributed by atoms with Gasteiger partial charge in [-0.2, -0.15) is 5.10 Å². The predicted molar refractivity (Wildman–Crippen MR) is 90.6 cm³/mol. The van der Waals surface area contributed by atoms with Crippen molar-refractivity contribution in [1.82, 2.24) is 0 Å². The minimum atomic E-state index is -0.540. The predicted octanol–water partition coefficient (Wildman–Crippen LogP) is 1.89. The van der Waals surface area contributed by atoms with Crippen LogP contribution in [-0.2, 0) is 0 Å². The molecule has 0 bridgehead atoms. The molecule has 0 atom stereocenters. The van der Waals surface area contributed by atoms with E-state index >= 15 is 0 Å². The van der Waals surface area contributed by atoms with Gasteiger partial charge in [0.15, 0.2) is 5.36 Å². The summed E-state index contributed by atoms with van der Waals surface area (Å²) < 4.78 is 0. The molecule has 0 heterocycles. The van der Waals surface area contributed by atoms with Gasteiger partial charge in [0.25, 0.3) is 5.69 Å². The van der Waals surface area contributed by atoms with E-state index in [1.54, 1.807) is 44.2 Å². The number of benzene rings is 2.